The molecule has 0 aliphatic rings. The van der Waals surface area contributed by atoms with Crippen molar-refractivity contribution in [2.75, 3.05) is 12.4 Å². The van der Waals surface area contributed by atoms with Gasteiger partial charge in [0.2, 0.25) is 0 Å². The van der Waals surface area contributed by atoms with E-state index in [-0.39, 0.29) is 18.8 Å². The topological polar surface area (TPSA) is 150 Å². The monoisotopic (exact) mass is 320 g/mol. The molecule has 21 heavy (non-hydrogen) atoms. The van der Waals surface area contributed by atoms with Gasteiger partial charge in [-0.15, -0.1) is 0 Å². The van der Waals surface area contributed by atoms with Crippen LogP contribution in [0.3, 0.4) is 0 Å². The number of nitro groups is 2. The number of rotatable bonds is 7. The van der Waals surface area contributed by atoms with Crippen LogP contribution in [-0.4, -0.2) is 35.2 Å². The molecule has 0 aliphatic heterocycles. The molecule has 10 nitrogen and oxygen atoms in total. The SMILES string of the molecule is Cc1cc([N+](=O)[O-])c([N+](=O)[O-])cc1OCCCS(=O)(=O)O. The Hall–Kier alpha value is -2.27. The lowest BCUT2D eigenvalue weighted by Gasteiger charge is -2.08. The standard InChI is InChI=1S/C10H12N2O8S/c1-7-5-8(11(13)14)9(12(15)16)6-10(7)20-3-2-4-21(17,18)19/h5-6H,2-4H2,1H3,(H,17,18,19). The van der Waals surface area contributed by atoms with Gasteiger partial charge >= 0.3 is 11.4 Å². The lowest BCUT2D eigenvalue weighted by molar-refractivity contribution is -0.422. The van der Waals surface area contributed by atoms with Gasteiger partial charge in [-0.3, -0.25) is 24.8 Å². The van der Waals surface area contributed by atoms with E-state index in [0.717, 1.165) is 12.1 Å². The maximum atomic E-state index is 10.8. The first kappa shape index (κ1) is 16.8. The Kier molecular flexibility index (Phi) is 5.16. The molecule has 0 saturated carbocycles. The molecule has 1 aromatic carbocycles. The molecule has 0 bridgehead atoms. The average molecular weight is 320 g/mol. The zero-order chi connectivity index (χ0) is 16.2. The summed E-state index contributed by atoms with van der Waals surface area (Å²) in [6, 6.07) is 1.93. The van der Waals surface area contributed by atoms with Crippen LogP contribution in [-0.2, 0) is 10.1 Å². The van der Waals surface area contributed by atoms with Gasteiger partial charge < -0.3 is 4.74 Å². The molecule has 0 saturated heterocycles. The zero-order valence-corrected chi connectivity index (χ0v) is 11.7. The van der Waals surface area contributed by atoms with Gasteiger partial charge in [-0.2, -0.15) is 8.42 Å². The molecule has 0 aliphatic carbocycles. The minimum Gasteiger partial charge on any atom is -0.493 e. The van der Waals surface area contributed by atoms with Crippen molar-refractivity contribution in [3.63, 3.8) is 0 Å². The molecule has 1 N–H and O–H groups in total. The maximum absolute atomic E-state index is 10.8. The molecule has 0 fully saturated rings. The Morgan fingerprint density at radius 3 is 2.19 bits per heavy atom. The number of nitro benzene ring substituents is 2. The molecule has 0 radical (unpaired) electrons. The van der Waals surface area contributed by atoms with E-state index in [9.17, 15) is 28.6 Å². The second-order valence-corrected chi connectivity index (χ2v) is 5.68. The van der Waals surface area contributed by atoms with E-state index in [0.29, 0.717) is 5.56 Å². The third-order valence-electron chi connectivity index (χ3n) is 2.47. The number of aryl methyl sites for hydroxylation is 1. The summed E-state index contributed by atoms with van der Waals surface area (Å²) in [5.74, 6) is -0.469. The van der Waals surface area contributed by atoms with Gasteiger partial charge in [-0.1, -0.05) is 0 Å². The lowest BCUT2D eigenvalue weighted by atomic mass is 10.1. The summed E-state index contributed by atoms with van der Waals surface area (Å²) in [7, 11) is -4.11. The van der Waals surface area contributed by atoms with Gasteiger partial charge in [0.1, 0.15) is 5.75 Å². The van der Waals surface area contributed by atoms with Crippen molar-refractivity contribution < 1.29 is 27.6 Å². The van der Waals surface area contributed by atoms with Crippen LogP contribution in [0.25, 0.3) is 0 Å². The summed E-state index contributed by atoms with van der Waals surface area (Å²) in [5.41, 5.74) is -1.06. The van der Waals surface area contributed by atoms with Crippen LogP contribution in [0.2, 0.25) is 0 Å². The number of ether oxygens (including phenoxy) is 1. The molecule has 0 amide bonds. The van der Waals surface area contributed by atoms with Crippen molar-refractivity contribution in [2.45, 2.75) is 13.3 Å². The molecule has 1 aromatic rings. The molecule has 0 unspecified atom stereocenters. The van der Waals surface area contributed by atoms with Crippen LogP contribution < -0.4 is 4.74 Å². The minimum atomic E-state index is -4.11. The van der Waals surface area contributed by atoms with Crippen LogP contribution in [0.4, 0.5) is 11.4 Å². The van der Waals surface area contributed by atoms with Gasteiger partial charge in [0.05, 0.1) is 28.3 Å². The second kappa shape index (κ2) is 6.45. The van der Waals surface area contributed by atoms with E-state index >= 15 is 0 Å². The van der Waals surface area contributed by atoms with E-state index in [1.807, 2.05) is 0 Å². The highest BCUT2D eigenvalue weighted by Gasteiger charge is 2.26. The van der Waals surface area contributed by atoms with E-state index in [1.54, 1.807) is 0 Å². The van der Waals surface area contributed by atoms with Crippen LogP contribution in [0.15, 0.2) is 12.1 Å². The van der Waals surface area contributed by atoms with Crippen molar-refractivity contribution >= 4 is 21.5 Å². The summed E-state index contributed by atoms with van der Waals surface area (Å²) < 4.78 is 34.7. The van der Waals surface area contributed by atoms with E-state index < -0.39 is 37.1 Å². The van der Waals surface area contributed by atoms with Gasteiger partial charge in [0.15, 0.2) is 0 Å². The van der Waals surface area contributed by atoms with Crippen molar-refractivity contribution in [3.05, 3.63) is 37.9 Å². The number of hydrogen-bond acceptors (Lipinski definition) is 7. The van der Waals surface area contributed by atoms with Crippen LogP contribution >= 0.6 is 0 Å². The van der Waals surface area contributed by atoms with Crippen molar-refractivity contribution in [1.82, 2.24) is 0 Å². The summed E-state index contributed by atoms with van der Waals surface area (Å²) in [5, 5.41) is 21.5. The predicted molar refractivity (Wildman–Crippen MR) is 71.0 cm³/mol. The fourth-order valence-corrected chi connectivity index (χ4v) is 2.02. The molecular weight excluding hydrogens is 308 g/mol. The van der Waals surface area contributed by atoms with Gasteiger partial charge in [-0.25, -0.2) is 0 Å². The first-order chi connectivity index (χ1) is 9.61. The third kappa shape index (κ3) is 4.96. The number of benzene rings is 1. The van der Waals surface area contributed by atoms with Crippen molar-refractivity contribution in [2.24, 2.45) is 0 Å². The smallest absolute Gasteiger partial charge is 0.349 e. The Labute approximate surface area is 119 Å². The molecule has 116 valence electrons. The lowest BCUT2D eigenvalue weighted by Crippen LogP contribution is -2.09. The molecule has 0 spiro atoms. The summed E-state index contributed by atoms with van der Waals surface area (Å²) >= 11 is 0. The first-order valence-electron chi connectivity index (χ1n) is 5.63. The normalized spacial score (nSPS) is 11.1. The Morgan fingerprint density at radius 2 is 1.71 bits per heavy atom. The van der Waals surface area contributed by atoms with Crippen molar-refractivity contribution in [3.8, 4) is 5.75 Å². The number of nitrogens with zero attached hydrogens (tertiary/aromatic N) is 2. The Bertz CT molecular complexity index is 670. The minimum absolute atomic E-state index is 0.0247. The van der Waals surface area contributed by atoms with Gasteiger partial charge in [-0.05, 0) is 18.9 Å². The van der Waals surface area contributed by atoms with Gasteiger partial charge in [0.25, 0.3) is 10.1 Å². The van der Waals surface area contributed by atoms with Crippen LogP contribution in [0.1, 0.15) is 12.0 Å². The molecule has 0 aromatic heterocycles. The molecule has 11 heteroatoms. The third-order valence-corrected chi connectivity index (χ3v) is 3.27. The van der Waals surface area contributed by atoms with Crippen LogP contribution in [0.5, 0.6) is 5.75 Å². The second-order valence-electron chi connectivity index (χ2n) is 4.11. The highest BCUT2D eigenvalue weighted by atomic mass is 32.2. The fraction of sp³-hybridized carbons (Fsp3) is 0.400. The molecule has 1 rings (SSSR count). The van der Waals surface area contributed by atoms with Crippen LogP contribution in [0, 0.1) is 27.2 Å². The molecule has 0 atom stereocenters. The van der Waals surface area contributed by atoms with E-state index in [2.05, 4.69) is 0 Å². The first-order valence-corrected chi connectivity index (χ1v) is 7.24. The number of hydrogen-bond donors (Lipinski definition) is 1. The van der Waals surface area contributed by atoms with E-state index in [4.69, 9.17) is 9.29 Å². The van der Waals surface area contributed by atoms with E-state index in [1.165, 1.54) is 6.92 Å². The molecule has 0 heterocycles. The summed E-state index contributed by atoms with van der Waals surface area (Å²) in [6.45, 7) is 1.35. The maximum Gasteiger partial charge on any atom is 0.349 e. The zero-order valence-electron chi connectivity index (χ0n) is 10.9. The Morgan fingerprint density at radius 1 is 1.19 bits per heavy atom. The fourth-order valence-electron chi connectivity index (χ4n) is 1.53. The average Bonchev–Trinajstić information content (AvgIpc) is 2.33. The highest BCUT2D eigenvalue weighted by Crippen LogP contribution is 2.33. The largest absolute Gasteiger partial charge is 0.493 e. The summed E-state index contributed by atoms with van der Waals surface area (Å²) in [4.78, 5) is 19.7. The molecular formula is C10H12N2O8S. The predicted octanol–water partition coefficient (Wildman–Crippen LogP) is 1.47. The van der Waals surface area contributed by atoms with Crippen molar-refractivity contribution in [1.29, 1.82) is 0 Å². The highest BCUT2D eigenvalue weighted by molar-refractivity contribution is 7.85. The van der Waals surface area contributed by atoms with Gasteiger partial charge in [0, 0.05) is 6.07 Å². The summed E-state index contributed by atoms with van der Waals surface area (Å²) in [6.07, 6.45) is -0.0247. The Balaban J connectivity index is 2.91. The quantitative estimate of drug-likeness (QED) is 0.343.